The van der Waals surface area contributed by atoms with Gasteiger partial charge in [-0.1, -0.05) is 18.2 Å². The van der Waals surface area contributed by atoms with Crippen LogP contribution in [-0.4, -0.2) is 31.8 Å². The van der Waals surface area contributed by atoms with Crippen molar-refractivity contribution in [2.45, 2.75) is 25.9 Å². The molecule has 1 heterocycles. The van der Waals surface area contributed by atoms with Gasteiger partial charge in [-0.15, -0.1) is 0 Å². The van der Waals surface area contributed by atoms with Crippen LogP contribution in [0, 0.1) is 0 Å². The second-order valence-corrected chi connectivity index (χ2v) is 5.86. The molecule has 0 saturated carbocycles. The van der Waals surface area contributed by atoms with E-state index in [9.17, 15) is 4.79 Å². The van der Waals surface area contributed by atoms with E-state index in [0.717, 1.165) is 30.9 Å². The van der Waals surface area contributed by atoms with E-state index in [1.54, 1.807) is 4.90 Å². The average molecular weight is 325 g/mol. The summed E-state index contributed by atoms with van der Waals surface area (Å²) in [5.41, 5.74) is 1.56. The zero-order valence-electron chi connectivity index (χ0n) is 14.0. The van der Waals surface area contributed by atoms with E-state index in [4.69, 9.17) is 9.47 Å². The summed E-state index contributed by atoms with van der Waals surface area (Å²) in [5.74, 6) is 0.763. The zero-order chi connectivity index (χ0) is 16.8. The fraction of sp³-hybridized carbons (Fsp3) is 0.350. The van der Waals surface area contributed by atoms with Crippen molar-refractivity contribution in [1.82, 2.24) is 0 Å². The third-order valence-electron chi connectivity index (χ3n) is 4.19. The van der Waals surface area contributed by atoms with Gasteiger partial charge < -0.3 is 14.4 Å². The van der Waals surface area contributed by atoms with Crippen molar-refractivity contribution >= 4 is 11.6 Å². The molecule has 1 fully saturated rings. The molecule has 4 heteroatoms. The van der Waals surface area contributed by atoms with Crippen LogP contribution in [0.25, 0.3) is 0 Å². The zero-order valence-corrected chi connectivity index (χ0v) is 14.0. The van der Waals surface area contributed by atoms with E-state index in [1.165, 1.54) is 0 Å². The summed E-state index contributed by atoms with van der Waals surface area (Å²) in [7, 11) is 0. The van der Waals surface area contributed by atoms with Crippen molar-refractivity contribution in [1.29, 1.82) is 0 Å². The first-order valence-corrected chi connectivity index (χ1v) is 8.49. The summed E-state index contributed by atoms with van der Waals surface area (Å²) in [5, 5.41) is 0. The largest absolute Gasteiger partial charge is 0.491 e. The Morgan fingerprint density at radius 2 is 1.92 bits per heavy atom. The molecule has 0 N–H and O–H groups in total. The summed E-state index contributed by atoms with van der Waals surface area (Å²) in [6.45, 7) is 4.00. The third kappa shape index (κ3) is 3.95. The molecule has 0 aromatic heterocycles. The van der Waals surface area contributed by atoms with E-state index < -0.39 is 0 Å². The predicted molar refractivity (Wildman–Crippen MR) is 94.7 cm³/mol. The van der Waals surface area contributed by atoms with E-state index in [-0.39, 0.29) is 12.0 Å². The van der Waals surface area contributed by atoms with E-state index in [2.05, 4.69) is 0 Å². The second-order valence-electron chi connectivity index (χ2n) is 5.86. The van der Waals surface area contributed by atoms with E-state index >= 15 is 0 Å². The van der Waals surface area contributed by atoms with Crippen molar-refractivity contribution in [3.8, 4) is 5.75 Å². The van der Waals surface area contributed by atoms with Gasteiger partial charge in [0, 0.05) is 24.4 Å². The number of rotatable bonds is 6. The minimum Gasteiger partial charge on any atom is -0.491 e. The number of hydrogen-bond acceptors (Lipinski definition) is 3. The molecule has 0 bridgehead atoms. The second kappa shape index (κ2) is 7.97. The summed E-state index contributed by atoms with van der Waals surface area (Å²) >= 11 is 0. The number of carbonyl (C=O) groups excluding carboxylic acids is 1. The Balaban J connectivity index is 1.64. The number of anilines is 1. The van der Waals surface area contributed by atoms with E-state index in [1.807, 2.05) is 61.5 Å². The minimum atomic E-state index is -0.00521. The molecule has 1 atom stereocenters. The van der Waals surface area contributed by atoms with Crippen molar-refractivity contribution in [3.05, 3.63) is 60.2 Å². The van der Waals surface area contributed by atoms with Crippen LogP contribution in [0.3, 0.4) is 0 Å². The highest BCUT2D eigenvalue weighted by Crippen LogP contribution is 2.20. The van der Waals surface area contributed by atoms with Gasteiger partial charge >= 0.3 is 0 Å². The summed E-state index contributed by atoms with van der Waals surface area (Å²) in [4.78, 5) is 14.5. The fourth-order valence-electron chi connectivity index (χ4n) is 2.87. The summed E-state index contributed by atoms with van der Waals surface area (Å²) in [6, 6.07) is 17.0. The normalized spacial score (nSPS) is 16.8. The van der Waals surface area contributed by atoms with Crippen LogP contribution in [0.1, 0.15) is 30.1 Å². The van der Waals surface area contributed by atoms with Crippen LogP contribution >= 0.6 is 0 Å². The lowest BCUT2D eigenvalue weighted by Gasteiger charge is -2.21. The van der Waals surface area contributed by atoms with Gasteiger partial charge in [0.1, 0.15) is 12.4 Å². The minimum absolute atomic E-state index is 0.00521. The quantitative estimate of drug-likeness (QED) is 0.808. The molecule has 1 amide bonds. The monoisotopic (exact) mass is 325 g/mol. The molecule has 1 aliphatic heterocycles. The number of nitrogens with zero attached hydrogens (tertiary/aromatic N) is 1. The number of amides is 1. The van der Waals surface area contributed by atoms with Gasteiger partial charge in [-0.05, 0) is 56.2 Å². The van der Waals surface area contributed by atoms with Crippen LogP contribution in [0.5, 0.6) is 5.75 Å². The molecular formula is C20H23NO3. The first-order chi connectivity index (χ1) is 11.8. The van der Waals surface area contributed by atoms with Gasteiger partial charge in [0.05, 0.1) is 6.10 Å². The third-order valence-corrected chi connectivity index (χ3v) is 4.19. The highest BCUT2D eigenvalue weighted by molar-refractivity contribution is 6.06. The molecule has 0 spiro atoms. The highest BCUT2D eigenvalue weighted by atomic mass is 16.5. The molecule has 24 heavy (non-hydrogen) atoms. The highest BCUT2D eigenvalue weighted by Gasteiger charge is 2.17. The fourth-order valence-corrected chi connectivity index (χ4v) is 2.87. The SMILES string of the molecule is CCN(C(=O)c1ccc(OCC2CCCO2)cc1)c1ccccc1. The van der Waals surface area contributed by atoms with Gasteiger partial charge in [0.25, 0.3) is 5.91 Å². The van der Waals surface area contributed by atoms with Crippen molar-refractivity contribution in [3.63, 3.8) is 0 Å². The Kier molecular flexibility index (Phi) is 5.49. The number of hydrogen-bond donors (Lipinski definition) is 0. The van der Waals surface area contributed by atoms with Crippen LogP contribution in [0.15, 0.2) is 54.6 Å². The molecule has 126 valence electrons. The number of carbonyl (C=O) groups is 1. The van der Waals surface area contributed by atoms with Crippen molar-refractivity contribution < 1.29 is 14.3 Å². The van der Waals surface area contributed by atoms with Crippen LogP contribution < -0.4 is 9.64 Å². The number of ether oxygens (including phenoxy) is 2. The molecular weight excluding hydrogens is 302 g/mol. The Hall–Kier alpha value is -2.33. The molecule has 4 nitrogen and oxygen atoms in total. The first kappa shape index (κ1) is 16.5. The molecule has 1 saturated heterocycles. The average Bonchev–Trinajstić information content (AvgIpc) is 3.15. The van der Waals surface area contributed by atoms with Crippen LogP contribution in [0.4, 0.5) is 5.69 Å². The van der Waals surface area contributed by atoms with Gasteiger partial charge in [-0.3, -0.25) is 4.79 Å². The van der Waals surface area contributed by atoms with Crippen molar-refractivity contribution in [2.75, 3.05) is 24.7 Å². The smallest absolute Gasteiger partial charge is 0.258 e. The molecule has 1 aliphatic rings. The molecule has 2 aromatic rings. The Bertz CT molecular complexity index is 648. The summed E-state index contributed by atoms with van der Waals surface area (Å²) < 4.78 is 11.3. The lowest BCUT2D eigenvalue weighted by atomic mass is 10.1. The maximum absolute atomic E-state index is 12.7. The Labute approximate surface area is 143 Å². The lowest BCUT2D eigenvalue weighted by Crippen LogP contribution is -2.30. The summed E-state index contributed by atoms with van der Waals surface area (Å²) in [6.07, 6.45) is 2.35. The first-order valence-electron chi connectivity index (χ1n) is 8.49. The molecule has 0 radical (unpaired) electrons. The van der Waals surface area contributed by atoms with Gasteiger partial charge in [-0.25, -0.2) is 0 Å². The standard InChI is InChI=1S/C20H23NO3/c1-2-21(17-7-4-3-5-8-17)20(22)16-10-12-18(13-11-16)24-15-19-9-6-14-23-19/h3-5,7-8,10-13,19H,2,6,9,14-15H2,1H3. The number of para-hydroxylation sites is 1. The molecule has 2 aromatic carbocycles. The molecule has 0 aliphatic carbocycles. The predicted octanol–water partition coefficient (Wildman–Crippen LogP) is 3.91. The maximum atomic E-state index is 12.7. The van der Waals surface area contributed by atoms with E-state index in [0.29, 0.717) is 18.7 Å². The van der Waals surface area contributed by atoms with Crippen LogP contribution in [0.2, 0.25) is 0 Å². The van der Waals surface area contributed by atoms with Crippen molar-refractivity contribution in [2.24, 2.45) is 0 Å². The molecule has 1 unspecified atom stereocenters. The van der Waals surface area contributed by atoms with Gasteiger partial charge in [0.15, 0.2) is 0 Å². The van der Waals surface area contributed by atoms with Gasteiger partial charge in [0.2, 0.25) is 0 Å². The van der Waals surface area contributed by atoms with Crippen LogP contribution in [-0.2, 0) is 4.74 Å². The lowest BCUT2D eigenvalue weighted by molar-refractivity contribution is 0.0679. The van der Waals surface area contributed by atoms with Gasteiger partial charge in [-0.2, -0.15) is 0 Å². The maximum Gasteiger partial charge on any atom is 0.258 e. The molecule has 3 rings (SSSR count). The number of benzene rings is 2. The Morgan fingerprint density at radius 1 is 1.17 bits per heavy atom. The Morgan fingerprint density at radius 3 is 2.54 bits per heavy atom. The topological polar surface area (TPSA) is 38.8 Å².